The molecule has 3 nitrogen and oxygen atoms in total. The molecule has 1 rings (SSSR count). The van der Waals surface area contributed by atoms with Crippen LogP contribution in [0.2, 0.25) is 0 Å². The van der Waals surface area contributed by atoms with E-state index in [1.54, 1.807) is 0 Å². The SMILES string of the molecule is CCCC(C)S(=O)(=O)C1CCC(OC(C)(C)C)CC1. The maximum Gasteiger partial charge on any atom is 0.155 e. The molecule has 0 aromatic rings. The van der Waals surface area contributed by atoms with E-state index in [0.29, 0.717) is 0 Å². The largest absolute Gasteiger partial charge is 0.373 e. The lowest BCUT2D eigenvalue weighted by Crippen LogP contribution is -2.37. The average Bonchev–Trinajstić information content (AvgIpc) is 2.27. The van der Waals surface area contributed by atoms with E-state index in [4.69, 9.17) is 4.74 Å². The van der Waals surface area contributed by atoms with Gasteiger partial charge in [-0.2, -0.15) is 0 Å². The Balaban J connectivity index is 2.54. The third kappa shape index (κ3) is 5.07. The maximum absolute atomic E-state index is 12.4. The van der Waals surface area contributed by atoms with Crippen molar-refractivity contribution in [3.05, 3.63) is 0 Å². The number of sulfone groups is 1. The molecule has 1 atom stereocenters. The van der Waals surface area contributed by atoms with E-state index in [1.165, 1.54) is 0 Å². The molecule has 0 aromatic carbocycles. The number of hydrogen-bond acceptors (Lipinski definition) is 3. The van der Waals surface area contributed by atoms with Crippen LogP contribution in [0.5, 0.6) is 0 Å². The minimum atomic E-state index is -2.95. The minimum Gasteiger partial charge on any atom is -0.373 e. The number of hydrogen-bond donors (Lipinski definition) is 0. The first-order valence-electron chi connectivity index (χ1n) is 7.57. The van der Waals surface area contributed by atoms with E-state index < -0.39 is 9.84 Å². The molecule has 1 saturated carbocycles. The van der Waals surface area contributed by atoms with Crippen LogP contribution in [0.4, 0.5) is 0 Å². The van der Waals surface area contributed by atoms with Crippen LogP contribution in [0.3, 0.4) is 0 Å². The Kier molecular flexibility index (Phi) is 5.87. The van der Waals surface area contributed by atoms with Gasteiger partial charge in [-0.1, -0.05) is 13.3 Å². The first-order valence-corrected chi connectivity index (χ1v) is 9.18. The standard InChI is InChI=1S/C15H30O3S/c1-6-7-12(2)19(16,17)14-10-8-13(9-11-14)18-15(3,4)5/h12-14H,6-11H2,1-5H3. The van der Waals surface area contributed by atoms with E-state index in [0.717, 1.165) is 38.5 Å². The second kappa shape index (κ2) is 6.57. The highest BCUT2D eigenvalue weighted by atomic mass is 32.2. The summed E-state index contributed by atoms with van der Waals surface area (Å²) in [6.45, 7) is 10.1. The molecule has 1 fully saturated rings. The van der Waals surface area contributed by atoms with Gasteiger partial charge in [0.2, 0.25) is 0 Å². The molecule has 114 valence electrons. The molecule has 1 unspecified atom stereocenters. The molecule has 0 saturated heterocycles. The summed E-state index contributed by atoms with van der Waals surface area (Å²) in [4.78, 5) is 0. The van der Waals surface area contributed by atoms with Crippen LogP contribution in [0.1, 0.15) is 73.1 Å². The van der Waals surface area contributed by atoms with E-state index in [-0.39, 0.29) is 22.2 Å². The fourth-order valence-electron chi connectivity index (χ4n) is 2.88. The van der Waals surface area contributed by atoms with Crippen molar-refractivity contribution in [1.29, 1.82) is 0 Å². The highest BCUT2D eigenvalue weighted by Gasteiger charge is 2.35. The summed E-state index contributed by atoms with van der Waals surface area (Å²) in [6.07, 6.45) is 5.21. The van der Waals surface area contributed by atoms with E-state index in [2.05, 4.69) is 20.8 Å². The zero-order chi connectivity index (χ0) is 14.7. The van der Waals surface area contributed by atoms with Crippen LogP contribution in [0, 0.1) is 0 Å². The summed E-state index contributed by atoms with van der Waals surface area (Å²) in [5.41, 5.74) is -0.133. The summed E-state index contributed by atoms with van der Waals surface area (Å²) in [7, 11) is -2.95. The smallest absolute Gasteiger partial charge is 0.155 e. The Morgan fingerprint density at radius 1 is 1.16 bits per heavy atom. The molecule has 0 bridgehead atoms. The third-order valence-electron chi connectivity index (χ3n) is 3.86. The predicted molar refractivity (Wildman–Crippen MR) is 80.2 cm³/mol. The van der Waals surface area contributed by atoms with Gasteiger partial charge in [-0.25, -0.2) is 8.42 Å². The monoisotopic (exact) mass is 290 g/mol. The molecule has 0 aliphatic heterocycles. The molecule has 19 heavy (non-hydrogen) atoms. The van der Waals surface area contributed by atoms with Gasteiger partial charge in [0.05, 0.1) is 22.2 Å². The zero-order valence-corrected chi connectivity index (χ0v) is 13.9. The Hall–Kier alpha value is -0.0900. The van der Waals surface area contributed by atoms with Crippen molar-refractivity contribution in [1.82, 2.24) is 0 Å². The molecule has 4 heteroatoms. The van der Waals surface area contributed by atoms with Gasteiger partial charge in [0.1, 0.15) is 0 Å². The van der Waals surface area contributed by atoms with E-state index >= 15 is 0 Å². The summed E-state index contributed by atoms with van der Waals surface area (Å²) in [5, 5.41) is -0.337. The number of rotatable bonds is 5. The average molecular weight is 290 g/mol. The maximum atomic E-state index is 12.4. The van der Waals surface area contributed by atoms with Gasteiger partial charge in [-0.15, -0.1) is 0 Å². The fraction of sp³-hybridized carbons (Fsp3) is 1.00. The van der Waals surface area contributed by atoms with Crippen LogP contribution in [-0.2, 0) is 14.6 Å². The number of ether oxygens (including phenoxy) is 1. The first-order chi connectivity index (χ1) is 8.66. The van der Waals surface area contributed by atoms with Crippen LogP contribution < -0.4 is 0 Å². The lowest BCUT2D eigenvalue weighted by Gasteiger charge is -2.34. The Bertz CT molecular complexity index is 359. The Labute approximate surface area is 119 Å². The van der Waals surface area contributed by atoms with Gasteiger partial charge in [0, 0.05) is 0 Å². The van der Waals surface area contributed by atoms with E-state index in [9.17, 15) is 8.42 Å². The van der Waals surface area contributed by atoms with Gasteiger partial charge in [0.15, 0.2) is 9.84 Å². The molecule has 0 radical (unpaired) electrons. The van der Waals surface area contributed by atoms with Gasteiger partial charge >= 0.3 is 0 Å². The Morgan fingerprint density at radius 3 is 2.11 bits per heavy atom. The van der Waals surface area contributed by atoms with Crippen LogP contribution in [0.25, 0.3) is 0 Å². The van der Waals surface area contributed by atoms with Crippen molar-refractivity contribution < 1.29 is 13.2 Å². The van der Waals surface area contributed by atoms with Crippen LogP contribution in [-0.4, -0.2) is 30.6 Å². The molecule has 0 spiro atoms. The molecule has 0 aromatic heterocycles. The molecule has 0 heterocycles. The van der Waals surface area contributed by atoms with Crippen LogP contribution >= 0.6 is 0 Å². The molecule has 1 aliphatic carbocycles. The lowest BCUT2D eigenvalue weighted by atomic mass is 9.96. The molecular weight excluding hydrogens is 260 g/mol. The topological polar surface area (TPSA) is 43.4 Å². The highest BCUT2D eigenvalue weighted by molar-refractivity contribution is 7.92. The van der Waals surface area contributed by atoms with Gasteiger partial charge in [0.25, 0.3) is 0 Å². The molecule has 1 aliphatic rings. The normalized spacial score (nSPS) is 27.2. The lowest BCUT2D eigenvalue weighted by molar-refractivity contribution is -0.0728. The van der Waals surface area contributed by atoms with Crippen molar-refractivity contribution in [3.8, 4) is 0 Å². The van der Waals surface area contributed by atoms with Crippen molar-refractivity contribution in [2.24, 2.45) is 0 Å². The van der Waals surface area contributed by atoms with Gasteiger partial charge < -0.3 is 4.74 Å². The first kappa shape index (κ1) is 17.0. The van der Waals surface area contributed by atoms with Crippen molar-refractivity contribution in [2.45, 2.75) is 95.3 Å². The van der Waals surface area contributed by atoms with Gasteiger partial charge in [-0.05, 0) is 59.8 Å². The van der Waals surface area contributed by atoms with Gasteiger partial charge in [-0.3, -0.25) is 0 Å². The molecule has 0 N–H and O–H groups in total. The highest BCUT2D eigenvalue weighted by Crippen LogP contribution is 2.31. The quantitative estimate of drug-likeness (QED) is 0.775. The fourth-order valence-corrected chi connectivity index (χ4v) is 5.03. The summed E-state index contributed by atoms with van der Waals surface area (Å²) < 4.78 is 30.8. The van der Waals surface area contributed by atoms with E-state index in [1.807, 2.05) is 13.8 Å². The molecular formula is C15H30O3S. The van der Waals surface area contributed by atoms with Crippen molar-refractivity contribution in [2.75, 3.05) is 0 Å². The summed E-state index contributed by atoms with van der Waals surface area (Å²) >= 11 is 0. The zero-order valence-electron chi connectivity index (χ0n) is 13.1. The molecule has 0 amide bonds. The van der Waals surface area contributed by atoms with Crippen LogP contribution in [0.15, 0.2) is 0 Å². The third-order valence-corrected chi connectivity index (χ3v) is 6.62. The second-order valence-corrected chi connectivity index (χ2v) is 9.47. The van der Waals surface area contributed by atoms with Crippen molar-refractivity contribution in [3.63, 3.8) is 0 Å². The summed E-state index contributed by atoms with van der Waals surface area (Å²) in [5.74, 6) is 0. The predicted octanol–water partition coefficient (Wildman–Crippen LogP) is 3.72. The summed E-state index contributed by atoms with van der Waals surface area (Å²) in [6, 6.07) is 0. The Morgan fingerprint density at radius 2 is 1.68 bits per heavy atom. The minimum absolute atomic E-state index is 0.133. The van der Waals surface area contributed by atoms with Crippen molar-refractivity contribution >= 4 is 9.84 Å². The second-order valence-electron chi connectivity index (χ2n) is 6.82.